The molecule has 2 aromatic carbocycles. The maximum Gasteiger partial charge on any atom is 0.226 e. The lowest BCUT2D eigenvalue weighted by Gasteiger charge is -2.42. The number of carbonyl (C=O) groups is 1. The van der Waals surface area contributed by atoms with Crippen molar-refractivity contribution >= 4 is 17.7 Å². The van der Waals surface area contributed by atoms with Gasteiger partial charge in [0.1, 0.15) is 0 Å². The van der Waals surface area contributed by atoms with Crippen molar-refractivity contribution in [2.75, 3.05) is 37.6 Å². The minimum Gasteiger partial charge on any atom is -0.310 e. The number of amides is 1. The Hall–Kier alpha value is -2.43. The molecule has 2 aromatic rings. The van der Waals surface area contributed by atoms with Crippen LogP contribution < -0.4 is 4.90 Å². The van der Waals surface area contributed by atoms with Crippen LogP contribution >= 0.6 is 0 Å². The molecule has 1 saturated heterocycles. The Morgan fingerprint density at radius 2 is 1.70 bits per heavy atom. The molecule has 2 fully saturated rings. The van der Waals surface area contributed by atoms with Gasteiger partial charge in [-0.15, -0.1) is 0 Å². The third-order valence-corrected chi connectivity index (χ3v) is 6.62. The first kappa shape index (κ1) is 20.8. The predicted octanol–water partition coefficient (Wildman–Crippen LogP) is 4.42. The van der Waals surface area contributed by atoms with Gasteiger partial charge in [-0.25, -0.2) is 0 Å². The van der Waals surface area contributed by atoms with E-state index in [0.29, 0.717) is 6.42 Å². The van der Waals surface area contributed by atoms with E-state index in [-0.39, 0.29) is 11.4 Å². The third kappa shape index (κ3) is 4.50. The average molecular weight is 404 g/mol. The molecule has 0 bridgehead atoms. The van der Waals surface area contributed by atoms with Crippen LogP contribution in [0.25, 0.3) is 6.08 Å². The van der Waals surface area contributed by atoms with Crippen LogP contribution in [0.2, 0.25) is 0 Å². The first-order valence-corrected chi connectivity index (χ1v) is 11.2. The minimum atomic E-state index is 0.137. The third-order valence-electron chi connectivity index (χ3n) is 6.62. The Bertz CT molecular complexity index is 867. The van der Waals surface area contributed by atoms with E-state index in [9.17, 15) is 4.79 Å². The highest BCUT2D eigenvalue weighted by Gasteiger charge is 2.50. The van der Waals surface area contributed by atoms with Crippen LogP contribution in [-0.4, -0.2) is 54.0 Å². The number of nitrogens with zero attached hydrogens (tertiary/aromatic N) is 3. The molecule has 4 rings (SSSR count). The zero-order valence-electron chi connectivity index (χ0n) is 18.1. The highest BCUT2D eigenvalue weighted by Crippen LogP contribution is 2.44. The summed E-state index contributed by atoms with van der Waals surface area (Å²) in [6.45, 7) is 12.0. The van der Waals surface area contributed by atoms with E-state index in [0.717, 1.165) is 50.5 Å². The van der Waals surface area contributed by atoms with E-state index in [4.69, 9.17) is 0 Å². The van der Waals surface area contributed by atoms with Crippen LogP contribution in [-0.2, 0) is 11.3 Å². The van der Waals surface area contributed by atoms with E-state index in [1.54, 1.807) is 0 Å². The molecule has 1 saturated carbocycles. The Kier molecular flexibility index (Phi) is 6.35. The highest BCUT2D eigenvalue weighted by molar-refractivity contribution is 5.95. The highest BCUT2D eigenvalue weighted by atomic mass is 16.2. The van der Waals surface area contributed by atoms with Gasteiger partial charge in [-0.3, -0.25) is 14.6 Å². The summed E-state index contributed by atoms with van der Waals surface area (Å²) in [6, 6.07) is 18.8. The van der Waals surface area contributed by atoms with Crippen LogP contribution in [0.15, 0.2) is 61.2 Å². The number of hydrogen-bond donors (Lipinski definition) is 0. The van der Waals surface area contributed by atoms with E-state index in [2.05, 4.69) is 52.8 Å². The van der Waals surface area contributed by atoms with Crippen LogP contribution in [0.1, 0.15) is 37.3 Å². The second-order valence-corrected chi connectivity index (χ2v) is 8.57. The molecular weight excluding hydrogens is 370 g/mol. The van der Waals surface area contributed by atoms with Gasteiger partial charge in [0.15, 0.2) is 0 Å². The quantitative estimate of drug-likeness (QED) is 0.653. The number of anilines is 1. The molecule has 0 N–H and O–H groups in total. The van der Waals surface area contributed by atoms with Gasteiger partial charge in [0, 0.05) is 51.2 Å². The average Bonchev–Trinajstić information content (AvgIpc) is 3.59. The van der Waals surface area contributed by atoms with Gasteiger partial charge in [-0.05, 0) is 30.0 Å². The lowest BCUT2D eigenvalue weighted by atomic mass is 10.1. The standard InChI is InChI=1S/C26H33N3O/c1-3-23-12-8-9-13-24(23)29(25(30)4-2)21-26(14-15-26)28-18-16-27(17-19-28)20-22-10-6-5-7-11-22/h3,5-13H,1,4,14-21H2,2H3. The zero-order valence-corrected chi connectivity index (χ0v) is 18.1. The molecule has 0 spiro atoms. The van der Waals surface area contributed by atoms with Gasteiger partial charge in [-0.2, -0.15) is 0 Å². The van der Waals surface area contributed by atoms with Gasteiger partial charge in [0.25, 0.3) is 0 Å². The fourth-order valence-electron chi connectivity index (χ4n) is 4.64. The summed E-state index contributed by atoms with van der Waals surface area (Å²) < 4.78 is 0. The minimum absolute atomic E-state index is 0.137. The molecular formula is C26H33N3O. The van der Waals surface area contributed by atoms with Crippen LogP contribution in [0.4, 0.5) is 5.69 Å². The number of piperazine rings is 1. The van der Waals surface area contributed by atoms with Crippen LogP contribution in [0, 0.1) is 0 Å². The van der Waals surface area contributed by atoms with Crippen molar-refractivity contribution in [3.63, 3.8) is 0 Å². The molecule has 1 aliphatic heterocycles. The van der Waals surface area contributed by atoms with Gasteiger partial charge in [-0.1, -0.05) is 68.1 Å². The van der Waals surface area contributed by atoms with E-state index in [1.165, 1.54) is 18.4 Å². The molecule has 30 heavy (non-hydrogen) atoms. The fourth-order valence-corrected chi connectivity index (χ4v) is 4.64. The van der Waals surface area contributed by atoms with Crippen molar-refractivity contribution in [2.24, 2.45) is 0 Å². The summed E-state index contributed by atoms with van der Waals surface area (Å²) in [5.41, 5.74) is 3.54. The van der Waals surface area contributed by atoms with E-state index >= 15 is 0 Å². The summed E-state index contributed by atoms with van der Waals surface area (Å²) in [7, 11) is 0. The van der Waals surface area contributed by atoms with Crippen molar-refractivity contribution in [2.45, 2.75) is 38.3 Å². The SMILES string of the molecule is C=Cc1ccccc1N(CC1(N2CCN(Cc3ccccc3)CC2)CC1)C(=O)CC. The first-order valence-electron chi connectivity index (χ1n) is 11.2. The number of carbonyl (C=O) groups excluding carboxylic acids is 1. The molecule has 158 valence electrons. The summed E-state index contributed by atoms with van der Waals surface area (Å²) in [4.78, 5) is 20.1. The molecule has 1 amide bonds. The monoisotopic (exact) mass is 403 g/mol. The zero-order chi connectivity index (χ0) is 21.0. The summed E-state index contributed by atoms with van der Waals surface area (Å²) in [5.74, 6) is 0.193. The Morgan fingerprint density at radius 3 is 2.33 bits per heavy atom. The van der Waals surface area contributed by atoms with E-state index in [1.807, 2.05) is 36.1 Å². The van der Waals surface area contributed by atoms with Crippen molar-refractivity contribution in [3.8, 4) is 0 Å². The van der Waals surface area contributed by atoms with Crippen molar-refractivity contribution in [1.82, 2.24) is 9.80 Å². The summed E-state index contributed by atoms with van der Waals surface area (Å²) >= 11 is 0. The first-order chi connectivity index (χ1) is 14.6. The molecule has 0 aromatic heterocycles. The van der Waals surface area contributed by atoms with Gasteiger partial charge in [0.2, 0.25) is 5.91 Å². The smallest absolute Gasteiger partial charge is 0.226 e. The maximum atomic E-state index is 12.9. The largest absolute Gasteiger partial charge is 0.310 e. The normalized spacial score (nSPS) is 18.7. The predicted molar refractivity (Wildman–Crippen MR) is 124 cm³/mol. The molecule has 0 radical (unpaired) electrons. The Morgan fingerprint density at radius 1 is 1.03 bits per heavy atom. The molecule has 2 aliphatic rings. The Labute approximate surface area is 180 Å². The molecule has 4 heteroatoms. The second kappa shape index (κ2) is 9.15. The lowest BCUT2D eigenvalue weighted by Crippen LogP contribution is -2.55. The van der Waals surface area contributed by atoms with Gasteiger partial charge in [0.05, 0.1) is 5.69 Å². The molecule has 1 aliphatic carbocycles. The summed E-state index contributed by atoms with van der Waals surface area (Å²) in [6.07, 6.45) is 4.73. The second-order valence-electron chi connectivity index (χ2n) is 8.57. The summed E-state index contributed by atoms with van der Waals surface area (Å²) in [5, 5.41) is 0. The molecule has 1 heterocycles. The molecule has 0 unspecified atom stereocenters. The Balaban J connectivity index is 1.43. The van der Waals surface area contributed by atoms with Gasteiger partial charge >= 0.3 is 0 Å². The fraction of sp³-hybridized carbons (Fsp3) is 0.423. The van der Waals surface area contributed by atoms with Crippen molar-refractivity contribution in [3.05, 3.63) is 72.3 Å². The van der Waals surface area contributed by atoms with Crippen LogP contribution in [0.3, 0.4) is 0 Å². The number of hydrogen-bond acceptors (Lipinski definition) is 3. The topological polar surface area (TPSA) is 26.8 Å². The lowest BCUT2D eigenvalue weighted by molar-refractivity contribution is -0.118. The number of rotatable bonds is 8. The number of para-hydroxylation sites is 1. The number of benzene rings is 2. The van der Waals surface area contributed by atoms with E-state index < -0.39 is 0 Å². The van der Waals surface area contributed by atoms with Crippen LogP contribution in [0.5, 0.6) is 0 Å². The maximum absolute atomic E-state index is 12.9. The van der Waals surface area contributed by atoms with Crippen molar-refractivity contribution in [1.29, 1.82) is 0 Å². The van der Waals surface area contributed by atoms with Gasteiger partial charge < -0.3 is 4.90 Å². The van der Waals surface area contributed by atoms with Crippen molar-refractivity contribution < 1.29 is 4.79 Å². The molecule has 4 nitrogen and oxygen atoms in total. The molecule has 0 atom stereocenters.